The van der Waals surface area contributed by atoms with Gasteiger partial charge in [-0.15, -0.1) is 0 Å². The van der Waals surface area contributed by atoms with Crippen LogP contribution in [0.15, 0.2) is 146 Å². The summed E-state index contributed by atoms with van der Waals surface area (Å²) in [5.74, 6) is -2.31. The van der Waals surface area contributed by atoms with E-state index in [2.05, 4.69) is 174 Å². The highest BCUT2D eigenvalue weighted by Gasteiger charge is 2.30. The van der Waals surface area contributed by atoms with E-state index in [1.54, 1.807) is 0 Å². The van der Waals surface area contributed by atoms with Crippen LogP contribution in [0.2, 0.25) is 0 Å². The maximum absolute atomic E-state index is 13.1. The van der Waals surface area contributed by atoms with E-state index in [1.165, 1.54) is 38.5 Å². The van der Waals surface area contributed by atoms with Crippen molar-refractivity contribution in [3.05, 3.63) is 146 Å². The summed E-state index contributed by atoms with van der Waals surface area (Å²) in [6.45, 7) is 4.37. The molecule has 0 spiro atoms. The average Bonchev–Trinajstić information content (AvgIpc) is 0.986. The van der Waals surface area contributed by atoms with Crippen LogP contribution in [0, 0.1) is 0 Å². The van der Waals surface area contributed by atoms with Crippen molar-refractivity contribution in [1.29, 1.82) is 0 Å². The third kappa shape index (κ3) is 69.4. The first-order valence-electron chi connectivity index (χ1n) is 37.1. The largest absolute Gasteiger partial charge is 0.472 e. The maximum Gasteiger partial charge on any atom is 0.472 e. The van der Waals surface area contributed by atoms with Gasteiger partial charge in [-0.2, -0.15) is 0 Å². The molecule has 0 amide bonds. The summed E-state index contributed by atoms with van der Waals surface area (Å²) in [7, 11) is -9.98. The van der Waals surface area contributed by atoms with Gasteiger partial charge in [0.15, 0.2) is 12.2 Å². The molecular weight excluding hydrogens is 1280 g/mol. The fraction of sp³-hybridized carbons (Fsp3) is 0.646. The first-order chi connectivity index (χ1) is 47.7. The second-order valence-electron chi connectivity index (χ2n) is 24.1. The zero-order chi connectivity index (χ0) is 71.8. The van der Waals surface area contributed by atoms with Gasteiger partial charge in [0.2, 0.25) is 0 Å². The summed E-state index contributed by atoms with van der Waals surface area (Å²) >= 11 is 0. The van der Waals surface area contributed by atoms with Crippen LogP contribution in [-0.2, 0) is 65.4 Å². The van der Waals surface area contributed by atoms with Crippen molar-refractivity contribution in [2.24, 2.45) is 0 Å². The topological polar surface area (TPSA) is 237 Å². The lowest BCUT2D eigenvalue weighted by Gasteiger charge is -2.21. The number of unbranched alkanes of at least 4 members (excludes halogenated alkanes) is 18. The Morgan fingerprint density at radius 3 is 0.837 bits per heavy atom. The monoisotopic (exact) mass is 1410 g/mol. The number of hydrogen-bond donors (Lipinski definition) is 3. The number of rotatable bonds is 68. The Kier molecular flexibility index (Phi) is 66.7. The van der Waals surface area contributed by atoms with E-state index in [0.717, 1.165) is 148 Å². The molecule has 0 fully saturated rings. The lowest BCUT2D eigenvalue weighted by Crippen LogP contribution is -2.30. The molecule has 0 saturated carbocycles. The summed E-state index contributed by atoms with van der Waals surface area (Å²) < 4.78 is 68.3. The molecule has 0 rings (SSSR count). The van der Waals surface area contributed by atoms with Crippen molar-refractivity contribution in [2.75, 3.05) is 39.6 Å². The zero-order valence-corrected chi connectivity index (χ0v) is 62.4. The Labute approximate surface area is 592 Å². The minimum atomic E-state index is -5.00. The molecule has 5 atom stereocenters. The van der Waals surface area contributed by atoms with Gasteiger partial charge in [-0.1, -0.05) is 251 Å². The van der Waals surface area contributed by atoms with Gasteiger partial charge in [-0.25, -0.2) is 9.13 Å². The Morgan fingerprint density at radius 1 is 0.296 bits per heavy atom. The smallest absolute Gasteiger partial charge is 0.462 e. The van der Waals surface area contributed by atoms with Gasteiger partial charge < -0.3 is 33.8 Å². The van der Waals surface area contributed by atoms with Crippen LogP contribution in [0.25, 0.3) is 0 Å². The van der Waals surface area contributed by atoms with Gasteiger partial charge in [-0.3, -0.25) is 37.3 Å². The predicted molar refractivity (Wildman–Crippen MR) is 399 cm³/mol. The molecule has 0 heterocycles. The SMILES string of the molecule is CC/C=C\C/C=C\C/C=C\C/C=C\CCCCCCC(=O)OCC(COP(=O)(O)OCC(O)COP(=O)(O)OCC(COC(=O)CCCC/C=C\C/C=C\C/C=C\C/C=C\CC)OC(=O)CCCC/C=C\C/C=C\C/C=C\C/C=C\CC)OC(=O)CCCCCCCCCCCCC. The molecule has 17 nitrogen and oxygen atoms in total. The maximum atomic E-state index is 13.1. The number of allylic oxidation sites excluding steroid dienone is 24. The summed E-state index contributed by atoms with van der Waals surface area (Å²) in [5.41, 5.74) is 0. The van der Waals surface area contributed by atoms with E-state index < -0.39 is 97.5 Å². The fourth-order valence-corrected chi connectivity index (χ4v) is 10.8. The van der Waals surface area contributed by atoms with Crippen LogP contribution < -0.4 is 0 Å². The summed E-state index contributed by atoms with van der Waals surface area (Å²) in [4.78, 5) is 72.7. The molecule has 0 aliphatic carbocycles. The van der Waals surface area contributed by atoms with E-state index >= 15 is 0 Å². The van der Waals surface area contributed by atoms with Crippen LogP contribution in [0.5, 0.6) is 0 Å². The highest BCUT2D eigenvalue weighted by atomic mass is 31.2. The van der Waals surface area contributed by atoms with E-state index in [4.69, 9.17) is 37.0 Å². The van der Waals surface area contributed by atoms with Crippen molar-refractivity contribution < 1.29 is 80.2 Å². The number of hydrogen-bond acceptors (Lipinski definition) is 15. The lowest BCUT2D eigenvalue weighted by molar-refractivity contribution is -0.161. The predicted octanol–water partition coefficient (Wildman–Crippen LogP) is 21.1. The van der Waals surface area contributed by atoms with E-state index in [9.17, 15) is 43.2 Å². The number of aliphatic hydroxyl groups is 1. The normalized spacial score (nSPS) is 14.8. The van der Waals surface area contributed by atoms with Crippen molar-refractivity contribution in [2.45, 2.75) is 290 Å². The summed E-state index contributed by atoms with van der Waals surface area (Å²) in [6, 6.07) is 0. The molecule has 0 radical (unpaired) electrons. The molecule has 3 N–H and O–H groups in total. The van der Waals surface area contributed by atoms with E-state index in [-0.39, 0.29) is 25.7 Å². The standard InChI is InChI=1S/C79H130O17P2/c1-5-9-13-17-21-25-29-32-35-36-39-41-45-48-52-56-60-64-77(82)89-69-74(95-78(83)65-61-57-53-49-43-28-24-20-16-12-8-4)71-93-97(85,86)91-67-73(80)68-92-98(87,88)94-72-75(96-79(84)66-62-58-54-50-46-42-38-34-31-27-23-19-15-11-7-3)70-90-76(81)63-59-55-51-47-44-40-37-33-30-26-22-18-14-10-6-2/h9-11,13-15,21-23,25-27,32-35,37-39,41,44,46-47,50,73-75,80H,5-8,12,16-20,24,28-31,36,40,42-43,45,48-49,51-72H2,1-4H3,(H,85,86)(H,87,88)/b13-9-,14-10-,15-11-,25-21-,26-22-,27-23-,35-32-,37-33-,38-34-,41-39-,47-44-,50-46-. The Hall–Kier alpha value is -5.06. The molecule has 0 saturated heterocycles. The zero-order valence-electron chi connectivity index (χ0n) is 60.7. The van der Waals surface area contributed by atoms with Crippen molar-refractivity contribution in [3.8, 4) is 0 Å². The molecule has 0 bridgehead atoms. The Morgan fingerprint density at radius 2 is 0.531 bits per heavy atom. The third-order valence-corrected chi connectivity index (χ3v) is 16.7. The minimum Gasteiger partial charge on any atom is -0.462 e. The fourth-order valence-electron chi connectivity index (χ4n) is 9.25. The molecule has 98 heavy (non-hydrogen) atoms. The van der Waals surface area contributed by atoms with Crippen LogP contribution >= 0.6 is 15.6 Å². The van der Waals surface area contributed by atoms with Gasteiger partial charge in [0, 0.05) is 25.7 Å². The second kappa shape index (κ2) is 70.4. The van der Waals surface area contributed by atoms with Crippen molar-refractivity contribution in [1.82, 2.24) is 0 Å². The molecule has 0 aromatic heterocycles. The average molecular weight is 1410 g/mol. The molecule has 19 heteroatoms. The van der Waals surface area contributed by atoms with E-state index in [0.29, 0.717) is 32.1 Å². The molecular formula is C79H130O17P2. The number of phosphoric acid groups is 2. The summed E-state index contributed by atoms with van der Waals surface area (Å²) in [5, 5.41) is 10.6. The van der Waals surface area contributed by atoms with Crippen LogP contribution in [0.4, 0.5) is 0 Å². The summed E-state index contributed by atoms with van der Waals surface area (Å²) in [6.07, 6.45) is 78.6. The number of phosphoric ester groups is 2. The quantitative estimate of drug-likeness (QED) is 0.0169. The number of carbonyl (C=O) groups excluding carboxylic acids is 4. The second-order valence-corrected chi connectivity index (χ2v) is 27.0. The molecule has 0 aliphatic rings. The van der Waals surface area contributed by atoms with Crippen LogP contribution in [0.1, 0.15) is 272 Å². The van der Waals surface area contributed by atoms with Crippen molar-refractivity contribution >= 4 is 39.5 Å². The Balaban J connectivity index is 5.42. The molecule has 0 aromatic carbocycles. The van der Waals surface area contributed by atoms with Crippen LogP contribution in [0.3, 0.4) is 0 Å². The number of aliphatic hydroxyl groups excluding tert-OH is 1. The van der Waals surface area contributed by atoms with Crippen molar-refractivity contribution in [3.63, 3.8) is 0 Å². The van der Waals surface area contributed by atoms with Gasteiger partial charge >= 0.3 is 39.5 Å². The Bertz CT molecular complexity index is 2430. The first-order valence-corrected chi connectivity index (χ1v) is 40.1. The lowest BCUT2D eigenvalue weighted by atomic mass is 10.1. The molecule has 558 valence electrons. The third-order valence-electron chi connectivity index (χ3n) is 14.8. The highest BCUT2D eigenvalue weighted by molar-refractivity contribution is 7.47. The van der Waals surface area contributed by atoms with Gasteiger partial charge in [0.25, 0.3) is 0 Å². The molecule has 0 aromatic rings. The van der Waals surface area contributed by atoms with Gasteiger partial charge in [0.05, 0.1) is 26.4 Å². The number of carbonyl (C=O) groups is 4. The van der Waals surface area contributed by atoms with E-state index in [1.807, 2.05) is 0 Å². The highest BCUT2D eigenvalue weighted by Crippen LogP contribution is 2.45. The van der Waals surface area contributed by atoms with Crippen LogP contribution in [-0.4, -0.2) is 96.7 Å². The van der Waals surface area contributed by atoms with Gasteiger partial charge in [0.1, 0.15) is 19.3 Å². The minimum absolute atomic E-state index is 0.0290. The van der Waals surface area contributed by atoms with Gasteiger partial charge in [-0.05, 0) is 141 Å². The molecule has 0 aliphatic heterocycles. The molecule has 5 unspecified atom stereocenters. The number of ether oxygens (including phenoxy) is 4. The first kappa shape index (κ1) is 92.9. The number of esters is 4.